The number of ether oxygens (including phenoxy) is 1. The molecule has 0 spiro atoms. The van der Waals surface area contributed by atoms with Crippen LogP contribution in [0.2, 0.25) is 0 Å². The molecule has 0 bridgehead atoms. The van der Waals surface area contributed by atoms with E-state index in [9.17, 15) is 0 Å². The zero-order valence-corrected chi connectivity index (χ0v) is 18.0. The van der Waals surface area contributed by atoms with E-state index in [-0.39, 0.29) is 6.71 Å². The van der Waals surface area contributed by atoms with Crippen LogP contribution in [0, 0.1) is 0 Å². The second-order valence-electron chi connectivity index (χ2n) is 8.54. The lowest BCUT2D eigenvalue weighted by Crippen LogP contribution is -2.55. The summed E-state index contributed by atoms with van der Waals surface area (Å²) in [5.41, 5.74) is 7.31. The van der Waals surface area contributed by atoms with Gasteiger partial charge < -0.3 is 9.30 Å². The minimum Gasteiger partial charge on any atom is -0.458 e. The fourth-order valence-corrected chi connectivity index (χ4v) is 5.36. The average Bonchev–Trinajstić information content (AvgIpc) is 3.22. The van der Waals surface area contributed by atoms with Gasteiger partial charge in [0.1, 0.15) is 11.5 Å². The van der Waals surface area contributed by atoms with Crippen molar-refractivity contribution in [3.05, 3.63) is 121 Å². The summed E-state index contributed by atoms with van der Waals surface area (Å²) in [4.78, 5) is 0. The van der Waals surface area contributed by atoms with Gasteiger partial charge in [-0.2, -0.15) is 0 Å². The van der Waals surface area contributed by atoms with Crippen LogP contribution in [0.5, 0.6) is 11.5 Å². The molecule has 2 heterocycles. The summed E-state index contributed by atoms with van der Waals surface area (Å²) in [5, 5.41) is 2.55. The van der Waals surface area contributed by atoms with E-state index in [1.807, 2.05) is 12.1 Å². The largest absolute Gasteiger partial charge is 0.458 e. The maximum absolute atomic E-state index is 6.29. The van der Waals surface area contributed by atoms with Gasteiger partial charge in [0.05, 0.1) is 11.0 Å². The fraction of sp³-hybridized carbons (Fsp3) is 0. The van der Waals surface area contributed by atoms with Crippen molar-refractivity contribution in [3.63, 3.8) is 0 Å². The van der Waals surface area contributed by atoms with Gasteiger partial charge in [-0.25, -0.2) is 0 Å². The summed E-state index contributed by atoms with van der Waals surface area (Å²) >= 11 is 0. The first-order valence-electron chi connectivity index (χ1n) is 11.3. The first-order valence-corrected chi connectivity index (χ1v) is 11.3. The molecule has 1 aromatic heterocycles. The van der Waals surface area contributed by atoms with E-state index in [1.165, 1.54) is 43.9 Å². The van der Waals surface area contributed by atoms with Gasteiger partial charge in [0, 0.05) is 16.5 Å². The Bertz CT molecular complexity index is 1570. The molecule has 33 heavy (non-hydrogen) atoms. The Morgan fingerprint density at radius 2 is 0.909 bits per heavy atom. The standard InChI is InChI=1S/C30H20BNO/c1-6-16-26-21(11-1)22-12-2-7-17-27(22)32(26)28-18-8-3-13-23(28)31-24-14-4-9-19-29(24)33-30-20-10-5-15-25(30)31/h1-20H. The van der Waals surface area contributed by atoms with Crippen molar-refractivity contribution in [2.45, 2.75) is 0 Å². The molecule has 0 atom stereocenters. The molecule has 0 radical (unpaired) electrons. The molecule has 7 rings (SSSR count). The summed E-state index contributed by atoms with van der Waals surface area (Å²) in [7, 11) is 0. The van der Waals surface area contributed by atoms with Gasteiger partial charge >= 0.3 is 0 Å². The average molecular weight is 421 g/mol. The third-order valence-electron chi connectivity index (χ3n) is 6.75. The fourth-order valence-electron chi connectivity index (χ4n) is 5.36. The lowest BCUT2D eigenvalue weighted by Gasteiger charge is -2.28. The monoisotopic (exact) mass is 421 g/mol. The number of aromatic nitrogens is 1. The SMILES string of the molecule is c1ccc2c(c1)Oc1ccccc1B2c1ccccc1-n1c2ccccc2c2ccccc21. The van der Waals surface area contributed by atoms with E-state index in [1.54, 1.807) is 0 Å². The van der Waals surface area contributed by atoms with Crippen LogP contribution in [0.15, 0.2) is 121 Å². The van der Waals surface area contributed by atoms with Gasteiger partial charge in [-0.3, -0.25) is 0 Å². The van der Waals surface area contributed by atoms with E-state index >= 15 is 0 Å². The summed E-state index contributed by atoms with van der Waals surface area (Å²) in [6.07, 6.45) is 0. The van der Waals surface area contributed by atoms with Crippen LogP contribution < -0.4 is 21.1 Å². The number of fused-ring (bicyclic) bond motifs is 5. The molecule has 5 aromatic carbocycles. The van der Waals surface area contributed by atoms with Crippen molar-refractivity contribution < 1.29 is 4.74 Å². The molecule has 1 aliphatic heterocycles. The number of rotatable bonds is 2. The van der Waals surface area contributed by atoms with Crippen LogP contribution in [0.3, 0.4) is 0 Å². The van der Waals surface area contributed by atoms with Gasteiger partial charge in [-0.1, -0.05) is 91.0 Å². The topological polar surface area (TPSA) is 14.2 Å². The smallest absolute Gasteiger partial charge is 0.253 e. The molecule has 0 saturated carbocycles. The Morgan fingerprint density at radius 3 is 1.52 bits per heavy atom. The van der Waals surface area contributed by atoms with Gasteiger partial charge in [0.2, 0.25) is 0 Å². The quantitative estimate of drug-likeness (QED) is 0.341. The highest BCUT2D eigenvalue weighted by Crippen LogP contribution is 2.32. The van der Waals surface area contributed by atoms with Crippen LogP contribution in [-0.2, 0) is 0 Å². The van der Waals surface area contributed by atoms with Crippen molar-refractivity contribution >= 4 is 44.9 Å². The molecule has 0 fully saturated rings. The summed E-state index contributed by atoms with van der Waals surface area (Å²) in [6.45, 7) is 0.0854. The third-order valence-corrected chi connectivity index (χ3v) is 6.75. The molecular weight excluding hydrogens is 401 g/mol. The summed E-state index contributed by atoms with van der Waals surface area (Å²) in [5.74, 6) is 1.86. The molecule has 154 valence electrons. The molecule has 1 aliphatic rings. The highest BCUT2D eigenvalue weighted by Gasteiger charge is 2.33. The second-order valence-corrected chi connectivity index (χ2v) is 8.54. The normalized spacial score (nSPS) is 12.4. The molecule has 0 amide bonds. The Hall–Kier alpha value is -4.24. The molecular formula is C30H20BNO. The molecule has 0 saturated heterocycles. The first kappa shape index (κ1) is 18.3. The Morgan fingerprint density at radius 1 is 0.455 bits per heavy atom. The van der Waals surface area contributed by atoms with E-state index in [4.69, 9.17) is 4.74 Å². The molecule has 3 heteroatoms. The first-order chi connectivity index (χ1) is 16.4. The van der Waals surface area contributed by atoms with E-state index in [0.29, 0.717) is 0 Å². The molecule has 6 aromatic rings. The molecule has 0 unspecified atom stereocenters. The maximum Gasteiger partial charge on any atom is 0.253 e. The maximum atomic E-state index is 6.29. The van der Waals surface area contributed by atoms with Crippen molar-refractivity contribution in [1.29, 1.82) is 0 Å². The Balaban J connectivity index is 1.57. The van der Waals surface area contributed by atoms with Crippen molar-refractivity contribution in [2.24, 2.45) is 0 Å². The Labute approximate surface area is 192 Å². The Kier molecular flexibility index (Phi) is 3.97. The predicted molar refractivity (Wildman–Crippen MR) is 138 cm³/mol. The number of benzene rings is 5. The molecule has 0 aliphatic carbocycles. The van der Waals surface area contributed by atoms with Crippen LogP contribution in [0.25, 0.3) is 27.5 Å². The number of hydrogen-bond acceptors (Lipinski definition) is 1. The third kappa shape index (κ3) is 2.69. The lowest BCUT2D eigenvalue weighted by atomic mass is 9.35. The summed E-state index contributed by atoms with van der Waals surface area (Å²) in [6, 6.07) is 43.0. The zero-order valence-electron chi connectivity index (χ0n) is 18.0. The molecule has 2 nitrogen and oxygen atoms in total. The predicted octanol–water partition coefficient (Wildman–Crippen LogP) is 5.41. The van der Waals surface area contributed by atoms with Crippen LogP contribution in [-0.4, -0.2) is 11.3 Å². The van der Waals surface area contributed by atoms with Gasteiger partial charge in [0.25, 0.3) is 6.71 Å². The highest BCUT2D eigenvalue weighted by atomic mass is 16.5. The van der Waals surface area contributed by atoms with Crippen molar-refractivity contribution in [2.75, 3.05) is 0 Å². The van der Waals surface area contributed by atoms with Crippen molar-refractivity contribution in [3.8, 4) is 17.2 Å². The second kappa shape index (κ2) is 7.14. The minimum absolute atomic E-state index is 0.0854. The van der Waals surface area contributed by atoms with E-state index in [2.05, 4.69) is 114 Å². The lowest BCUT2D eigenvalue weighted by molar-refractivity contribution is 0.487. The van der Waals surface area contributed by atoms with Gasteiger partial charge in [-0.15, -0.1) is 0 Å². The van der Waals surface area contributed by atoms with E-state index in [0.717, 1.165) is 11.5 Å². The van der Waals surface area contributed by atoms with Crippen LogP contribution in [0.1, 0.15) is 0 Å². The minimum atomic E-state index is 0.0854. The van der Waals surface area contributed by atoms with E-state index < -0.39 is 0 Å². The number of nitrogens with zero attached hydrogens (tertiary/aromatic N) is 1. The zero-order chi connectivity index (χ0) is 21.8. The number of para-hydroxylation sites is 5. The van der Waals surface area contributed by atoms with Gasteiger partial charge in [-0.05, 0) is 46.7 Å². The van der Waals surface area contributed by atoms with Gasteiger partial charge in [0.15, 0.2) is 0 Å². The van der Waals surface area contributed by atoms with Crippen LogP contribution in [0.4, 0.5) is 0 Å². The highest BCUT2D eigenvalue weighted by molar-refractivity contribution is 6.97. The molecule has 0 N–H and O–H groups in total. The summed E-state index contributed by atoms with van der Waals surface area (Å²) < 4.78 is 8.71. The van der Waals surface area contributed by atoms with Crippen LogP contribution >= 0.6 is 0 Å². The van der Waals surface area contributed by atoms with Crippen molar-refractivity contribution in [1.82, 2.24) is 4.57 Å². The number of hydrogen-bond donors (Lipinski definition) is 0.